The quantitative estimate of drug-likeness (QED) is 0.188. The van der Waals surface area contributed by atoms with Crippen LogP contribution in [-0.2, 0) is 24.6 Å². The highest BCUT2D eigenvalue weighted by molar-refractivity contribution is 6.32. The van der Waals surface area contributed by atoms with Crippen LogP contribution in [0, 0.1) is 23.7 Å². The van der Waals surface area contributed by atoms with Crippen LogP contribution < -0.4 is 4.90 Å². The molecule has 3 aliphatic carbocycles. The summed E-state index contributed by atoms with van der Waals surface area (Å²) in [5.74, 6) is -3.90. The van der Waals surface area contributed by atoms with Gasteiger partial charge in [-0.25, -0.2) is 0 Å². The summed E-state index contributed by atoms with van der Waals surface area (Å²) in [6.45, 7) is 3.80. The van der Waals surface area contributed by atoms with Crippen LogP contribution in [0.5, 0.6) is 5.75 Å². The Bertz CT molecular complexity index is 2040. The number of carbonyl (C=O) groups is 4. The number of benzene rings is 4. The van der Waals surface area contributed by atoms with E-state index in [-0.39, 0.29) is 35.6 Å². The predicted octanol–water partition coefficient (Wildman–Crippen LogP) is 7.06. The molecule has 1 saturated carbocycles. The van der Waals surface area contributed by atoms with E-state index >= 15 is 0 Å². The molecule has 6 atom stereocenters. The maximum Gasteiger partial charge on any atom is 0.238 e. The lowest BCUT2D eigenvalue weighted by Gasteiger charge is -2.55. The summed E-state index contributed by atoms with van der Waals surface area (Å²) in [5.41, 5.74) is 3.51. The average molecular weight is 632 g/mol. The number of phenols is 1. The zero-order valence-corrected chi connectivity index (χ0v) is 26.2. The number of nitrogens with zero attached hydrogens (tertiary/aromatic N) is 1. The maximum atomic E-state index is 15.0. The van der Waals surface area contributed by atoms with E-state index < -0.39 is 35.0 Å². The van der Waals surface area contributed by atoms with Gasteiger partial charge < -0.3 is 5.11 Å². The summed E-state index contributed by atoms with van der Waals surface area (Å²) < 4.78 is 0. The minimum absolute atomic E-state index is 0.0843. The highest BCUT2D eigenvalue weighted by atomic mass is 16.3. The Labute approximate surface area is 278 Å². The number of carbonyl (C=O) groups excluding carboxylic acids is 4. The zero-order chi connectivity index (χ0) is 33.2. The molecule has 1 saturated heterocycles. The molecular weight excluding hydrogens is 598 g/mol. The summed E-state index contributed by atoms with van der Waals surface area (Å²) in [6.07, 6.45) is 5.86. The number of hydrogen-bond donors (Lipinski definition) is 1. The topological polar surface area (TPSA) is 91.8 Å². The van der Waals surface area contributed by atoms with Gasteiger partial charge in [0.1, 0.15) is 5.75 Å². The van der Waals surface area contributed by atoms with Gasteiger partial charge in [0, 0.05) is 17.4 Å². The second-order valence-electron chi connectivity index (χ2n) is 13.2. The van der Waals surface area contributed by atoms with Gasteiger partial charge in [0.15, 0.2) is 11.6 Å². The molecule has 2 fully saturated rings. The van der Waals surface area contributed by atoms with Crippen molar-refractivity contribution in [1.29, 1.82) is 0 Å². The van der Waals surface area contributed by atoms with Crippen molar-refractivity contribution in [3.8, 4) is 5.75 Å². The third-order valence-corrected chi connectivity index (χ3v) is 11.0. The first-order valence-electron chi connectivity index (χ1n) is 16.3. The normalized spacial score (nSPS) is 27.8. The first kappa shape index (κ1) is 29.8. The van der Waals surface area contributed by atoms with Gasteiger partial charge in [-0.1, -0.05) is 109 Å². The number of ketones is 2. The van der Waals surface area contributed by atoms with Crippen LogP contribution >= 0.6 is 0 Å². The molecule has 1 heterocycles. The zero-order valence-electron chi connectivity index (χ0n) is 26.2. The van der Waals surface area contributed by atoms with Crippen molar-refractivity contribution in [3.05, 3.63) is 156 Å². The van der Waals surface area contributed by atoms with Gasteiger partial charge in [-0.15, -0.1) is 0 Å². The Morgan fingerprint density at radius 2 is 1.44 bits per heavy atom. The van der Waals surface area contributed by atoms with Gasteiger partial charge in [0.25, 0.3) is 0 Å². The molecule has 0 radical (unpaired) electrons. The molecule has 0 spiro atoms. The van der Waals surface area contributed by atoms with Crippen LogP contribution in [0.25, 0.3) is 11.6 Å². The lowest BCUT2D eigenvalue weighted by molar-refractivity contribution is -0.135. The predicted molar refractivity (Wildman–Crippen MR) is 184 cm³/mol. The highest BCUT2D eigenvalue weighted by Crippen LogP contribution is 2.63. The van der Waals surface area contributed by atoms with Crippen molar-refractivity contribution in [1.82, 2.24) is 0 Å². The molecule has 4 aromatic carbocycles. The number of hydrogen-bond acceptors (Lipinski definition) is 5. The molecule has 236 valence electrons. The number of amides is 2. The SMILES string of the molecule is C=Cc1ccc(N2C(=O)[C@H]3[C@H](CC=C4[C@H]3C[C@H]3C(=O)C(c5ccccc5)=CC(=O)[C@@]3(c3ccccc3)[C@H]4c3ccc(O)cc3)C2=O)cc1. The molecule has 0 unspecified atom stereocenters. The van der Waals surface area contributed by atoms with Gasteiger partial charge >= 0.3 is 0 Å². The third-order valence-electron chi connectivity index (χ3n) is 11.0. The number of Topliss-reactive ketones (excluding diaryl/α,β-unsaturated/α-hetero) is 1. The van der Waals surface area contributed by atoms with Crippen LogP contribution in [-0.4, -0.2) is 28.5 Å². The fourth-order valence-electron chi connectivity index (χ4n) is 8.93. The lowest BCUT2D eigenvalue weighted by atomic mass is 9.44. The number of aromatic hydroxyl groups is 1. The Morgan fingerprint density at radius 3 is 2.10 bits per heavy atom. The molecule has 4 aromatic rings. The van der Waals surface area contributed by atoms with Crippen molar-refractivity contribution in [3.63, 3.8) is 0 Å². The largest absolute Gasteiger partial charge is 0.508 e. The van der Waals surface area contributed by atoms with E-state index in [0.29, 0.717) is 23.2 Å². The molecule has 1 aliphatic heterocycles. The molecule has 8 rings (SSSR count). The first-order chi connectivity index (χ1) is 23.3. The van der Waals surface area contributed by atoms with Crippen molar-refractivity contribution in [2.45, 2.75) is 24.2 Å². The van der Waals surface area contributed by atoms with E-state index in [1.807, 2.05) is 78.9 Å². The van der Waals surface area contributed by atoms with Crippen LogP contribution in [0.2, 0.25) is 0 Å². The summed E-state index contributed by atoms with van der Waals surface area (Å²) in [6, 6.07) is 32.7. The average Bonchev–Trinajstić information content (AvgIpc) is 3.39. The van der Waals surface area contributed by atoms with Crippen molar-refractivity contribution < 1.29 is 24.3 Å². The van der Waals surface area contributed by atoms with E-state index in [1.165, 1.54) is 11.0 Å². The Morgan fingerprint density at radius 1 is 0.771 bits per heavy atom. The molecular formula is C42H33NO5. The second kappa shape index (κ2) is 11.3. The fraction of sp³-hybridized carbons (Fsp3) is 0.190. The monoisotopic (exact) mass is 631 g/mol. The van der Waals surface area contributed by atoms with Gasteiger partial charge in [0.2, 0.25) is 11.8 Å². The van der Waals surface area contributed by atoms with E-state index in [0.717, 1.165) is 22.3 Å². The van der Waals surface area contributed by atoms with Gasteiger partial charge in [-0.2, -0.15) is 0 Å². The van der Waals surface area contributed by atoms with E-state index in [9.17, 15) is 24.3 Å². The van der Waals surface area contributed by atoms with E-state index in [2.05, 4.69) is 6.58 Å². The summed E-state index contributed by atoms with van der Waals surface area (Å²) in [4.78, 5) is 59.7. The fourth-order valence-corrected chi connectivity index (χ4v) is 8.93. The molecule has 2 amide bonds. The Balaban J connectivity index is 1.33. The minimum atomic E-state index is -1.30. The minimum Gasteiger partial charge on any atom is -0.508 e. The summed E-state index contributed by atoms with van der Waals surface area (Å²) in [5, 5.41) is 10.3. The third kappa shape index (κ3) is 4.25. The highest BCUT2D eigenvalue weighted by Gasteiger charge is 2.66. The van der Waals surface area contributed by atoms with Crippen LogP contribution in [0.3, 0.4) is 0 Å². The lowest BCUT2D eigenvalue weighted by Crippen LogP contribution is -2.58. The Kier molecular flexibility index (Phi) is 6.99. The van der Waals surface area contributed by atoms with Crippen molar-refractivity contribution in [2.75, 3.05) is 4.90 Å². The van der Waals surface area contributed by atoms with Crippen LogP contribution in [0.15, 0.2) is 133 Å². The molecule has 6 nitrogen and oxygen atoms in total. The molecule has 0 aromatic heterocycles. The molecule has 6 heteroatoms. The van der Waals surface area contributed by atoms with Crippen LogP contribution in [0.4, 0.5) is 5.69 Å². The summed E-state index contributed by atoms with van der Waals surface area (Å²) in [7, 11) is 0. The Hall–Kier alpha value is -5.62. The molecule has 0 bridgehead atoms. The van der Waals surface area contributed by atoms with E-state index in [4.69, 9.17) is 0 Å². The number of phenolic OH excluding ortho intramolecular Hbond substituents is 1. The number of rotatable bonds is 5. The van der Waals surface area contributed by atoms with Crippen molar-refractivity contribution in [2.24, 2.45) is 23.7 Å². The van der Waals surface area contributed by atoms with Gasteiger partial charge in [0.05, 0.1) is 22.9 Å². The number of imide groups is 1. The maximum absolute atomic E-state index is 15.0. The molecule has 4 aliphatic rings. The second-order valence-corrected chi connectivity index (χ2v) is 13.2. The van der Waals surface area contributed by atoms with Crippen LogP contribution in [0.1, 0.15) is 41.0 Å². The van der Waals surface area contributed by atoms with E-state index in [1.54, 1.807) is 42.5 Å². The number of fused-ring (bicyclic) bond motifs is 4. The van der Waals surface area contributed by atoms with Gasteiger partial charge in [-0.05, 0) is 71.4 Å². The molecule has 48 heavy (non-hydrogen) atoms. The smallest absolute Gasteiger partial charge is 0.238 e. The first-order valence-corrected chi connectivity index (χ1v) is 16.3. The molecule has 1 N–H and O–H groups in total. The number of anilines is 1. The summed E-state index contributed by atoms with van der Waals surface area (Å²) >= 11 is 0. The van der Waals surface area contributed by atoms with Crippen molar-refractivity contribution >= 4 is 40.7 Å². The van der Waals surface area contributed by atoms with Gasteiger partial charge in [-0.3, -0.25) is 24.1 Å². The standard InChI is InChI=1S/C42H33NO5/c1-2-25-13-17-29(18-14-25)43-40(47)32-22-21-31-34(37(32)41(43)48)23-35-39(46)33(26-9-5-3-6-10-26)24-36(45)42(35,28-11-7-4-8-12-28)38(31)27-15-19-30(44)20-16-27/h2-21,24,32,34-35,37-38,44H,1,22-23H2/t32-,34+,35-,37-,38-,42-/m0/s1. The number of allylic oxidation sites excluding steroid dienone is 4.